The summed E-state index contributed by atoms with van der Waals surface area (Å²) in [6, 6.07) is 22.7. The topological polar surface area (TPSA) is 105 Å². The third-order valence-corrected chi connectivity index (χ3v) is 5.86. The fourth-order valence-corrected chi connectivity index (χ4v) is 4.19. The Morgan fingerprint density at radius 3 is 2.21 bits per heavy atom. The Labute approximate surface area is 197 Å². The number of aromatic carboxylic acids is 1. The first-order valence-electron chi connectivity index (χ1n) is 11.2. The molecule has 0 aliphatic heterocycles. The maximum atomic E-state index is 12.2. The van der Waals surface area contributed by atoms with Crippen molar-refractivity contribution in [3.8, 4) is 11.1 Å². The number of amides is 2. The van der Waals surface area contributed by atoms with Crippen LogP contribution in [0, 0.1) is 0 Å². The zero-order valence-electron chi connectivity index (χ0n) is 18.6. The molecule has 174 valence electrons. The van der Waals surface area contributed by atoms with E-state index in [0.717, 1.165) is 11.1 Å². The number of benzene rings is 3. The average Bonchev–Trinajstić information content (AvgIpc) is 3.18. The lowest BCUT2D eigenvalue weighted by Crippen LogP contribution is -2.28. The molecule has 0 saturated carbocycles. The Balaban J connectivity index is 1.17. The molecule has 7 heteroatoms. The Morgan fingerprint density at radius 1 is 0.853 bits per heavy atom. The number of carboxylic acid groups (broad SMARTS) is 1. The van der Waals surface area contributed by atoms with Crippen LogP contribution in [0.4, 0.5) is 4.79 Å². The minimum Gasteiger partial charge on any atom is -0.478 e. The van der Waals surface area contributed by atoms with Crippen molar-refractivity contribution in [2.75, 3.05) is 13.2 Å². The molecule has 0 unspecified atom stereocenters. The molecular formula is C27H26N2O5. The molecule has 3 aromatic carbocycles. The highest BCUT2D eigenvalue weighted by Gasteiger charge is 2.28. The molecule has 4 rings (SSSR count). The van der Waals surface area contributed by atoms with Gasteiger partial charge in [-0.25, -0.2) is 9.59 Å². The highest BCUT2D eigenvalue weighted by molar-refractivity contribution is 5.87. The molecule has 0 atom stereocenters. The molecule has 1 aliphatic carbocycles. The van der Waals surface area contributed by atoms with Gasteiger partial charge in [0.25, 0.3) is 0 Å². The summed E-state index contributed by atoms with van der Waals surface area (Å²) in [5, 5.41) is 14.5. The minimum atomic E-state index is -1.01. The second-order valence-corrected chi connectivity index (χ2v) is 8.14. The SMILES string of the molecule is O=C(CCCNC(=O)OCC1c2ccccc2-c2ccccc21)NCc1cccc(C(=O)O)c1. The van der Waals surface area contributed by atoms with Crippen LogP contribution in [0.2, 0.25) is 0 Å². The highest BCUT2D eigenvalue weighted by Crippen LogP contribution is 2.44. The van der Waals surface area contributed by atoms with Crippen molar-refractivity contribution in [1.82, 2.24) is 10.6 Å². The minimum absolute atomic E-state index is 0.00329. The first-order valence-corrected chi connectivity index (χ1v) is 11.2. The molecule has 0 aromatic heterocycles. The van der Waals surface area contributed by atoms with Gasteiger partial charge < -0.3 is 20.5 Å². The van der Waals surface area contributed by atoms with Gasteiger partial charge in [-0.2, -0.15) is 0 Å². The molecule has 1 aliphatic rings. The summed E-state index contributed by atoms with van der Waals surface area (Å²) in [7, 11) is 0. The van der Waals surface area contributed by atoms with Gasteiger partial charge in [-0.1, -0.05) is 60.7 Å². The quantitative estimate of drug-likeness (QED) is 0.414. The third-order valence-electron chi connectivity index (χ3n) is 5.86. The lowest BCUT2D eigenvalue weighted by molar-refractivity contribution is -0.121. The zero-order valence-corrected chi connectivity index (χ0v) is 18.6. The van der Waals surface area contributed by atoms with Gasteiger partial charge >= 0.3 is 12.1 Å². The molecule has 0 spiro atoms. The van der Waals surface area contributed by atoms with Crippen molar-refractivity contribution < 1.29 is 24.2 Å². The number of carbonyl (C=O) groups excluding carboxylic acids is 2. The monoisotopic (exact) mass is 458 g/mol. The maximum Gasteiger partial charge on any atom is 0.407 e. The van der Waals surface area contributed by atoms with Crippen LogP contribution in [-0.4, -0.2) is 36.2 Å². The van der Waals surface area contributed by atoms with E-state index in [1.165, 1.54) is 23.3 Å². The molecule has 3 N–H and O–H groups in total. The number of hydrogen-bond donors (Lipinski definition) is 3. The standard InChI is InChI=1S/C27H26N2O5/c30-25(29-16-18-7-5-8-19(15-18)26(31)32)13-6-14-28-27(33)34-17-24-22-11-3-1-9-20(22)21-10-2-4-12-23(21)24/h1-5,7-12,15,24H,6,13-14,16-17H2,(H,28,33)(H,29,30)(H,31,32). The van der Waals surface area contributed by atoms with Crippen molar-refractivity contribution in [3.63, 3.8) is 0 Å². The van der Waals surface area contributed by atoms with E-state index >= 15 is 0 Å². The van der Waals surface area contributed by atoms with Gasteiger partial charge in [0.2, 0.25) is 5.91 Å². The van der Waals surface area contributed by atoms with Crippen molar-refractivity contribution in [3.05, 3.63) is 95.1 Å². The molecule has 34 heavy (non-hydrogen) atoms. The largest absolute Gasteiger partial charge is 0.478 e. The highest BCUT2D eigenvalue weighted by atomic mass is 16.5. The van der Waals surface area contributed by atoms with Crippen LogP contribution in [0.5, 0.6) is 0 Å². The van der Waals surface area contributed by atoms with Crippen LogP contribution in [-0.2, 0) is 16.1 Å². The lowest BCUT2D eigenvalue weighted by Gasteiger charge is -2.14. The third kappa shape index (κ3) is 5.43. The summed E-state index contributed by atoms with van der Waals surface area (Å²) in [6.07, 6.45) is 0.195. The van der Waals surface area contributed by atoms with Crippen molar-refractivity contribution in [2.24, 2.45) is 0 Å². The van der Waals surface area contributed by atoms with Gasteiger partial charge in [-0.15, -0.1) is 0 Å². The van der Waals surface area contributed by atoms with Crippen LogP contribution in [0.1, 0.15) is 45.8 Å². The summed E-state index contributed by atoms with van der Waals surface area (Å²) in [6.45, 7) is 0.814. The van der Waals surface area contributed by atoms with E-state index in [2.05, 4.69) is 34.9 Å². The molecular weight excluding hydrogens is 432 g/mol. The van der Waals surface area contributed by atoms with Crippen LogP contribution >= 0.6 is 0 Å². The Kier molecular flexibility index (Phi) is 7.22. The number of fused-ring (bicyclic) bond motifs is 3. The predicted octanol–water partition coefficient (Wildman–Crippen LogP) is 4.32. The van der Waals surface area contributed by atoms with E-state index < -0.39 is 12.1 Å². The van der Waals surface area contributed by atoms with Crippen LogP contribution in [0.3, 0.4) is 0 Å². The lowest BCUT2D eigenvalue weighted by atomic mass is 9.98. The molecule has 0 radical (unpaired) electrons. The average molecular weight is 459 g/mol. The van der Waals surface area contributed by atoms with Gasteiger partial charge in [0.15, 0.2) is 0 Å². The first kappa shape index (κ1) is 23.0. The molecule has 0 fully saturated rings. The number of nitrogens with one attached hydrogen (secondary N) is 2. The number of rotatable bonds is 9. The molecule has 0 bridgehead atoms. The van der Waals surface area contributed by atoms with Crippen molar-refractivity contribution in [1.29, 1.82) is 0 Å². The molecule has 7 nitrogen and oxygen atoms in total. The summed E-state index contributed by atoms with van der Waals surface area (Å²) < 4.78 is 5.48. The van der Waals surface area contributed by atoms with Crippen molar-refractivity contribution >= 4 is 18.0 Å². The van der Waals surface area contributed by atoms with E-state index in [1.54, 1.807) is 12.1 Å². The predicted molar refractivity (Wildman–Crippen MR) is 128 cm³/mol. The summed E-state index contributed by atoms with van der Waals surface area (Å²) in [5.74, 6) is -1.17. The van der Waals surface area contributed by atoms with Crippen LogP contribution in [0.25, 0.3) is 11.1 Å². The second kappa shape index (κ2) is 10.7. The zero-order chi connectivity index (χ0) is 23.9. The molecule has 2 amide bonds. The van der Waals surface area contributed by atoms with Crippen molar-refractivity contribution in [2.45, 2.75) is 25.3 Å². The molecule has 0 saturated heterocycles. The van der Waals surface area contributed by atoms with E-state index in [4.69, 9.17) is 9.84 Å². The fourth-order valence-electron chi connectivity index (χ4n) is 4.19. The molecule has 3 aromatic rings. The Hall–Kier alpha value is -4.13. The summed E-state index contributed by atoms with van der Waals surface area (Å²) in [5.41, 5.74) is 5.55. The number of hydrogen-bond acceptors (Lipinski definition) is 4. The number of carbonyl (C=O) groups is 3. The summed E-state index contributed by atoms with van der Waals surface area (Å²) >= 11 is 0. The molecule has 0 heterocycles. The van der Waals surface area contributed by atoms with E-state index in [-0.39, 0.29) is 37.0 Å². The maximum absolute atomic E-state index is 12.2. The van der Waals surface area contributed by atoms with Gasteiger partial charge in [-0.3, -0.25) is 4.79 Å². The number of alkyl carbamates (subject to hydrolysis) is 1. The second-order valence-electron chi connectivity index (χ2n) is 8.14. The van der Waals surface area contributed by atoms with Gasteiger partial charge in [0, 0.05) is 25.4 Å². The van der Waals surface area contributed by atoms with E-state index in [9.17, 15) is 14.4 Å². The number of ether oxygens (including phenoxy) is 1. The summed E-state index contributed by atoms with van der Waals surface area (Å²) in [4.78, 5) is 35.2. The Morgan fingerprint density at radius 2 is 1.53 bits per heavy atom. The number of carboxylic acids is 1. The van der Waals surface area contributed by atoms with Crippen LogP contribution < -0.4 is 10.6 Å². The fraction of sp³-hybridized carbons (Fsp3) is 0.222. The van der Waals surface area contributed by atoms with E-state index in [0.29, 0.717) is 18.5 Å². The van der Waals surface area contributed by atoms with Crippen LogP contribution in [0.15, 0.2) is 72.8 Å². The Bertz CT molecular complexity index is 1160. The first-order chi connectivity index (χ1) is 16.5. The smallest absolute Gasteiger partial charge is 0.407 e. The van der Waals surface area contributed by atoms with Gasteiger partial charge in [0.1, 0.15) is 6.61 Å². The normalized spacial score (nSPS) is 11.9. The van der Waals surface area contributed by atoms with Gasteiger partial charge in [-0.05, 0) is 46.4 Å². The van der Waals surface area contributed by atoms with Gasteiger partial charge in [0.05, 0.1) is 5.56 Å². The van der Waals surface area contributed by atoms with E-state index in [1.807, 2.05) is 24.3 Å².